The van der Waals surface area contributed by atoms with Crippen molar-refractivity contribution in [2.45, 2.75) is 38.1 Å². The van der Waals surface area contributed by atoms with Gasteiger partial charge in [-0.25, -0.2) is 8.42 Å². The minimum atomic E-state index is -3.99. The van der Waals surface area contributed by atoms with Crippen LogP contribution in [-0.4, -0.2) is 52.6 Å². The number of nitrogens with one attached hydrogen (secondary N) is 3. The number of likely N-dealkylation sites (N-methyl/N-ethyl adjacent to an activating group) is 1. The van der Waals surface area contributed by atoms with Crippen LogP contribution in [-0.2, 0) is 19.6 Å². The van der Waals surface area contributed by atoms with Gasteiger partial charge in [0.25, 0.3) is 0 Å². The fourth-order valence-electron chi connectivity index (χ4n) is 2.58. The van der Waals surface area contributed by atoms with Crippen molar-refractivity contribution >= 4 is 21.8 Å². The number of ether oxygens (including phenoxy) is 2. The van der Waals surface area contributed by atoms with Crippen LogP contribution in [0.5, 0.6) is 11.5 Å². The Morgan fingerprint density at radius 1 is 1.11 bits per heavy atom. The summed E-state index contributed by atoms with van der Waals surface area (Å²) in [5, 5.41) is 5.02. The molecule has 9 nitrogen and oxygen atoms in total. The minimum absolute atomic E-state index is 0.0288. The van der Waals surface area contributed by atoms with Gasteiger partial charge < -0.3 is 20.1 Å². The summed E-state index contributed by atoms with van der Waals surface area (Å²) in [6.45, 7) is 6.35. The summed E-state index contributed by atoms with van der Waals surface area (Å²) >= 11 is 0. The third-order valence-electron chi connectivity index (χ3n) is 4.06. The van der Waals surface area contributed by atoms with Crippen molar-refractivity contribution < 1.29 is 27.5 Å². The molecule has 0 radical (unpaired) electrons. The van der Waals surface area contributed by atoms with Crippen molar-refractivity contribution in [2.24, 2.45) is 5.92 Å². The second-order valence-corrected chi connectivity index (χ2v) is 8.39. The fraction of sp³-hybridized carbons (Fsp3) is 0.556. The number of fused-ring (bicyclic) bond motifs is 1. The summed E-state index contributed by atoms with van der Waals surface area (Å²) in [6, 6.07) is 3.29. The lowest BCUT2D eigenvalue weighted by Gasteiger charge is -2.22. The highest BCUT2D eigenvalue weighted by molar-refractivity contribution is 7.89. The molecule has 28 heavy (non-hydrogen) atoms. The Balaban J connectivity index is 2.14. The summed E-state index contributed by atoms with van der Waals surface area (Å²) in [4.78, 5) is 23.9. The molecule has 1 aliphatic rings. The molecule has 0 saturated heterocycles. The highest BCUT2D eigenvalue weighted by Crippen LogP contribution is 2.32. The Bertz CT molecular complexity index is 810. The lowest BCUT2D eigenvalue weighted by atomic mass is 10.1. The normalized spacial score (nSPS) is 14.9. The van der Waals surface area contributed by atoms with E-state index in [2.05, 4.69) is 15.4 Å². The van der Waals surface area contributed by atoms with Crippen LogP contribution in [0.1, 0.15) is 27.2 Å². The third-order valence-corrected chi connectivity index (χ3v) is 5.50. The Morgan fingerprint density at radius 3 is 2.43 bits per heavy atom. The molecule has 1 heterocycles. The van der Waals surface area contributed by atoms with Crippen LogP contribution in [0, 0.1) is 5.92 Å². The van der Waals surface area contributed by atoms with Crippen molar-refractivity contribution in [2.75, 3.05) is 26.3 Å². The maximum absolute atomic E-state index is 12.8. The second kappa shape index (κ2) is 9.74. The molecule has 0 aromatic heterocycles. The van der Waals surface area contributed by atoms with E-state index in [0.717, 1.165) is 0 Å². The van der Waals surface area contributed by atoms with E-state index in [-0.39, 0.29) is 23.3 Å². The van der Waals surface area contributed by atoms with E-state index in [4.69, 9.17) is 9.47 Å². The van der Waals surface area contributed by atoms with Crippen LogP contribution in [0.15, 0.2) is 23.1 Å². The number of hydrogen-bond donors (Lipinski definition) is 3. The molecule has 1 aromatic rings. The molecular weight excluding hydrogens is 386 g/mol. The maximum atomic E-state index is 12.8. The average Bonchev–Trinajstić information content (AvgIpc) is 2.89. The smallest absolute Gasteiger partial charge is 0.241 e. The van der Waals surface area contributed by atoms with Crippen LogP contribution in [0.3, 0.4) is 0 Å². The van der Waals surface area contributed by atoms with Gasteiger partial charge in [0.2, 0.25) is 21.8 Å². The highest BCUT2D eigenvalue weighted by Gasteiger charge is 2.29. The molecule has 0 aliphatic carbocycles. The van der Waals surface area contributed by atoms with Crippen LogP contribution >= 0.6 is 0 Å². The van der Waals surface area contributed by atoms with Gasteiger partial charge in [0, 0.05) is 19.0 Å². The Labute approximate surface area is 165 Å². The Kier molecular flexibility index (Phi) is 7.64. The van der Waals surface area contributed by atoms with E-state index < -0.39 is 22.0 Å². The molecule has 1 aliphatic heterocycles. The van der Waals surface area contributed by atoms with Gasteiger partial charge in [0.1, 0.15) is 6.04 Å². The fourth-order valence-corrected chi connectivity index (χ4v) is 3.93. The van der Waals surface area contributed by atoms with Crippen molar-refractivity contribution in [3.63, 3.8) is 0 Å². The second-order valence-electron chi connectivity index (χ2n) is 6.67. The van der Waals surface area contributed by atoms with Crippen LogP contribution in [0.2, 0.25) is 0 Å². The first kappa shape index (κ1) is 22.0. The van der Waals surface area contributed by atoms with Gasteiger partial charge in [-0.05, 0) is 25.0 Å². The van der Waals surface area contributed by atoms with Gasteiger partial charge in [-0.1, -0.05) is 13.8 Å². The SMILES string of the molecule is CCNC(=O)CNC(=O)C(NS(=O)(=O)c1ccc2c(c1)OCCCO2)C(C)C. The number of benzene rings is 1. The number of carbonyl (C=O) groups is 2. The van der Waals surface area contributed by atoms with E-state index in [9.17, 15) is 18.0 Å². The van der Waals surface area contributed by atoms with E-state index >= 15 is 0 Å². The number of carbonyl (C=O) groups excluding carboxylic acids is 2. The van der Waals surface area contributed by atoms with Gasteiger partial charge in [0.05, 0.1) is 24.7 Å². The van der Waals surface area contributed by atoms with E-state index in [1.54, 1.807) is 20.8 Å². The molecule has 10 heteroatoms. The van der Waals surface area contributed by atoms with Crippen molar-refractivity contribution in [3.8, 4) is 11.5 Å². The largest absolute Gasteiger partial charge is 0.490 e. The lowest BCUT2D eigenvalue weighted by molar-refractivity contribution is -0.127. The first-order valence-corrected chi connectivity index (χ1v) is 10.7. The highest BCUT2D eigenvalue weighted by atomic mass is 32.2. The molecule has 1 aromatic carbocycles. The quantitative estimate of drug-likeness (QED) is 0.567. The van der Waals surface area contributed by atoms with Gasteiger partial charge in [0.15, 0.2) is 11.5 Å². The zero-order valence-electron chi connectivity index (χ0n) is 16.3. The van der Waals surface area contributed by atoms with Gasteiger partial charge in [-0.2, -0.15) is 4.72 Å². The summed E-state index contributed by atoms with van der Waals surface area (Å²) in [6.07, 6.45) is 0.705. The molecule has 156 valence electrons. The van der Waals surface area contributed by atoms with Gasteiger partial charge >= 0.3 is 0 Å². The Morgan fingerprint density at radius 2 is 1.79 bits per heavy atom. The molecule has 2 amide bonds. The molecule has 3 N–H and O–H groups in total. The number of rotatable bonds is 8. The molecular formula is C18H27N3O6S. The van der Waals surface area contributed by atoms with Crippen LogP contribution in [0.25, 0.3) is 0 Å². The summed E-state index contributed by atoms with van der Waals surface area (Å²) in [5.74, 6) is -0.411. The van der Waals surface area contributed by atoms with E-state index in [1.165, 1.54) is 18.2 Å². The van der Waals surface area contributed by atoms with E-state index in [0.29, 0.717) is 37.7 Å². The Hall–Kier alpha value is -2.33. The zero-order valence-corrected chi connectivity index (χ0v) is 17.1. The summed E-state index contributed by atoms with van der Waals surface area (Å²) < 4.78 is 39.1. The molecule has 0 spiro atoms. The average molecular weight is 413 g/mol. The topological polar surface area (TPSA) is 123 Å². The van der Waals surface area contributed by atoms with Gasteiger partial charge in [-0.3, -0.25) is 9.59 Å². The van der Waals surface area contributed by atoms with E-state index in [1.807, 2.05) is 0 Å². The molecule has 0 fully saturated rings. The predicted octanol–water partition coefficient (Wildman–Crippen LogP) is 0.403. The first-order chi connectivity index (χ1) is 13.2. The molecule has 2 rings (SSSR count). The first-order valence-electron chi connectivity index (χ1n) is 9.21. The lowest BCUT2D eigenvalue weighted by Crippen LogP contribution is -2.51. The predicted molar refractivity (Wildman–Crippen MR) is 103 cm³/mol. The standard InChI is InChI=1S/C18H27N3O6S/c1-4-19-16(22)11-20-18(23)17(12(2)3)21-28(24,25)13-6-7-14-15(10-13)27-9-5-8-26-14/h6-7,10,12,17,21H,4-5,8-9,11H2,1-3H3,(H,19,22)(H,20,23). The van der Waals surface area contributed by atoms with Crippen LogP contribution < -0.4 is 24.8 Å². The summed E-state index contributed by atoms with van der Waals surface area (Å²) in [7, 11) is -3.99. The number of amides is 2. The van der Waals surface area contributed by atoms with Crippen LogP contribution in [0.4, 0.5) is 0 Å². The van der Waals surface area contributed by atoms with Gasteiger partial charge in [-0.15, -0.1) is 0 Å². The van der Waals surface area contributed by atoms with Crippen molar-refractivity contribution in [1.82, 2.24) is 15.4 Å². The maximum Gasteiger partial charge on any atom is 0.241 e. The molecule has 1 atom stereocenters. The minimum Gasteiger partial charge on any atom is -0.490 e. The molecule has 1 unspecified atom stereocenters. The number of sulfonamides is 1. The zero-order chi connectivity index (χ0) is 20.7. The molecule has 0 saturated carbocycles. The van der Waals surface area contributed by atoms with Crippen molar-refractivity contribution in [3.05, 3.63) is 18.2 Å². The van der Waals surface area contributed by atoms with Crippen molar-refractivity contribution in [1.29, 1.82) is 0 Å². The molecule has 0 bridgehead atoms. The third kappa shape index (κ3) is 5.83. The summed E-state index contributed by atoms with van der Waals surface area (Å²) in [5.41, 5.74) is 0. The number of hydrogen-bond acceptors (Lipinski definition) is 6. The monoisotopic (exact) mass is 413 g/mol.